The van der Waals surface area contributed by atoms with Crippen LogP contribution in [0, 0.1) is 11.8 Å². The molecule has 1 N–H and O–H groups in total. The van der Waals surface area contributed by atoms with Crippen molar-refractivity contribution in [2.24, 2.45) is 0 Å². The Morgan fingerprint density at radius 2 is 2.26 bits per heavy atom. The minimum Gasteiger partial charge on any atom is -0.313 e. The zero-order chi connectivity index (χ0) is 13.5. The fourth-order valence-corrected chi connectivity index (χ4v) is 3.98. The van der Waals surface area contributed by atoms with Crippen molar-refractivity contribution in [1.29, 1.82) is 0 Å². The van der Waals surface area contributed by atoms with E-state index in [0.717, 1.165) is 19.4 Å². The second-order valence-corrected chi connectivity index (χ2v) is 6.28. The molecule has 0 amide bonds. The first-order valence-corrected chi connectivity index (χ1v) is 8.10. The van der Waals surface area contributed by atoms with Crippen LogP contribution in [-0.2, 0) is 6.42 Å². The molecule has 0 aliphatic carbocycles. The van der Waals surface area contributed by atoms with Crippen LogP contribution in [0.5, 0.6) is 0 Å². The highest BCUT2D eigenvalue weighted by atomic mass is 32.2. The van der Waals surface area contributed by atoms with Crippen molar-refractivity contribution < 1.29 is 0 Å². The Labute approximate surface area is 121 Å². The van der Waals surface area contributed by atoms with Crippen molar-refractivity contribution in [1.82, 2.24) is 5.32 Å². The molecular weight excluding hydrogens is 250 g/mol. The summed E-state index contributed by atoms with van der Waals surface area (Å²) in [6.45, 7) is 5.26. The van der Waals surface area contributed by atoms with Gasteiger partial charge in [-0.3, -0.25) is 0 Å². The lowest BCUT2D eigenvalue weighted by Gasteiger charge is -2.23. The summed E-state index contributed by atoms with van der Waals surface area (Å²) in [7, 11) is 0. The first kappa shape index (κ1) is 14.5. The summed E-state index contributed by atoms with van der Waals surface area (Å²) >= 11 is 2.04. The predicted molar refractivity (Wildman–Crippen MR) is 84.6 cm³/mol. The van der Waals surface area contributed by atoms with E-state index in [0.29, 0.717) is 11.3 Å². The third-order valence-corrected chi connectivity index (χ3v) is 4.98. The van der Waals surface area contributed by atoms with Gasteiger partial charge in [0.05, 0.1) is 0 Å². The van der Waals surface area contributed by atoms with Crippen LogP contribution in [0.1, 0.15) is 38.7 Å². The van der Waals surface area contributed by atoms with Crippen LogP contribution in [0.2, 0.25) is 0 Å². The smallest absolute Gasteiger partial charge is 0.0289 e. The van der Waals surface area contributed by atoms with Crippen LogP contribution in [0.4, 0.5) is 0 Å². The molecule has 2 atom stereocenters. The number of hydrogen-bond acceptors (Lipinski definition) is 2. The molecule has 0 radical (unpaired) electrons. The molecule has 0 aromatic heterocycles. The van der Waals surface area contributed by atoms with Gasteiger partial charge in [-0.15, -0.1) is 23.6 Å². The summed E-state index contributed by atoms with van der Waals surface area (Å²) in [5.74, 6) is 6.20. The fourth-order valence-electron chi connectivity index (χ4n) is 2.54. The van der Waals surface area contributed by atoms with Crippen LogP contribution in [-0.4, -0.2) is 17.8 Å². The van der Waals surface area contributed by atoms with Crippen molar-refractivity contribution in [3.8, 4) is 11.8 Å². The number of fused-ring (bicyclic) bond motifs is 1. The Kier molecular flexibility index (Phi) is 5.82. The van der Waals surface area contributed by atoms with Gasteiger partial charge in [0.2, 0.25) is 0 Å². The first-order chi connectivity index (χ1) is 9.35. The Balaban J connectivity index is 1.97. The summed E-state index contributed by atoms with van der Waals surface area (Å²) in [5.41, 5.74) is 1.52. The molecule has 2 unspecified atom stereocenters. The Morgan fingerprint density at radius 1 is 1.42 bits per heavy atom. The highest BCUT2D eigenvalue weighted by molar-refractivity contribution is 8.00. The minimum atomic E-state index is 0.582. The molecule has 1 aromatic carbocycles. The van der Waals surface area contributed by atoms with E-state index in [9.17, 15) is 0 Å². The second kappa shape index (κ2) is 7.62. The molecule has 2 heteroatoms. The van der Waals surface area contributed by atoms with Gasteiger partial charge in [0, 0.05) is 22.6 Å². The van der Waals surface area contributed by atoms with Gasteiger partial charge in [-0.05, 0) is 44.4 Å². The van der Waals surface area contributed by atoms with Crippen LogP contribution >= 0.6 is 11.8 Å². The van der Waals surface area contributed by atoms with E-state index in [1.165, 1.54) is 23.3 Å². The summed E-state index contributed by atoms with van der Waals surface area (Å²) in [6, 6.07) is 9.40. The van der Waals surface area contributed by atoms with Crippen LogP contribution in [0.3, 0.4) is 0 Å². The number of thioether (sulfide) groups is 1. The lowest BCUT2D eigenvalue weighted by molar-refractivity contribution is 0.471. The molecule has 19 heavy (non-hydrogen) atoms. The number of rotatable bonds is 6. The second-order valence-electron chi connectivity index (χ2n) is 4.99. The molecule has 1 aliphatic heterocycles. The molecular formula is C17H23NS. The average Bonchev–Trinajstić information content (AvgIpc) is 2.86. The van der Waals surface area contributed by atoms with Crippen molar-refractivity contribution in [3.63, 3.8) is 0 Å². The minimum absolute atomic E-state index is 0.582. The number of benzene rings is 1. The lowest BCUT2D eigenvalue weighted by atomic mass is 10.0. The van der Waals surface area contributed by atoms with Gasteiger partial charge < -0.3 is 5.32 Å². The molecule has 1 heterocycles. The molecule has 0 fully saturated rings. The van der Waals surface area contributed by atoms with E-state index in [1.54, 1.807) is 0 Å². The van der Waals surface area contributed by atoms with Crippen molar-refractivity contribution in [2.75, 3.05) is 6.54 Å². The van der Waals surface area contributed by atoms with Crippen molar-refractivity contribution in [3.05, 3.63) is 29.8 Å². The summed E-state index contributed by atoms with van der Waals surface area (Å²) in [4.78, 5) is 1.47. The number of hydrogen-bond donors (Lipinski definition) is 1. The largest absolute Gasteiger partial charge is 0.313 e. The van der Waals surface area contributed by atoms with Gasteiger partial charge in [0.1, 0.15) is 0 Å². The van der Waals surface area contributed by atoms with Crippen LogP contribution < -0.4 is 5.32 Å². The SMILES string of the molecule is CC#CCCC(NCCC)C1Cc2ccccc2S1. The highest BCUT2D eigenvalue weighted by Crippen LogP contribution is 2.39. The summed E-state index contributed by atoms with van der Waals surface area (Å²) in [5, 5.41) is 4.39. The van der Waals surface area contributed by atoms with E-state index in [-0.39, 0.29) is 0 Å². The van der Waals surface area contributed by atoms with E-state index >= 15 is 0 Å². The van der Waals surface area contributed by atoms with Gasteiger partial charge in [-0.25, -0.2) is 0 Å². The van der Waals surface area contributed by atoms with Gasteiger partial charge >= 0.3 is 0 Å². The Bertz CT molecular complexity index is 433. The molecule has 0 spiro atoms. The third kappa shape index (κ3) is 4.03. The quantitative estimate of drug-likeness (QED) is 0.790. The van der Waals surface area contributed by atoms with Crippen molar-refractivity contribution in [2.45, 2.75) is 55.7 Å². The topological polar surface area (TPSA) is 12.0 Å². The van der Waals surface area contributed by atoms with Gasteiger partial charge in [0.15, 0.2) is 0 Å². The zero-order valence-electron chi connectivity index (χ0n) is 11.9. The standard InChI is InChI=1S/C17H23NS/c1-3-5-6-10-15(18-12-4-2)17-13-14-9-7-8-11-16(14)19-17/h7-9,11,15,17-18H,4,6,10,12-13H2,1-2H3. The van der Waals surface area contributed by atoms with E-state index in [4.69, 9.17) is 0 Å². The average molecular weight is 273 g/mol. The van der Waals surface area contributed by atoms with Crippen LogP contribution in [0.25, 0.3) is 0 Å². The molecule has 1 aliphatic rings. The molecule has 0 saturated heterocycles. The molecule has 1 aromatic rings. The van der Waals surface area contributed by atoms with Crippen LogP contribution in [0.15, 0.2) is 29.2 Å². The molecule has 2 rings (SSSR count). The maximum atomic E-state index is 3.72. The van der Waals surface area contributed by atoms with E-state index < -0.39 is 0 Å². The predicted octanol–water partition coefficient (Wildman–Crippen LogP) is 3.88. The third-order valence-electron chi connectivity index (χ3n) is 3.53. The highest BCUT2D eigenvalue weighted by Gasteiger charge is 2.28. The maximum absolute atomic E-state index is 3.72. The number of nitrogens with one attached hydrogen (secondary N) is 1. The van der Waals surface area contributed by atoms with Gasteiger partial charge in [-0.1, -0.05) is 25.1 Å². The maximum Gasteiger partial charge on any atom is 0.0289 e. The Hall–Kier alpha value is -0.910. The molecule has 1 nitrogen and oxygen atoms in total. The molecule has 102 valence electrons. The first-order valence-electron chi connectivity index (χ1n) is 7.22. The lowest BCUT2D eigenvalue weighted by Crippen LogP contribution is -2.38. The van der Waals surface area contributed by atoms with Gasteiger partial charge in [0.25, 0.3) is 0 Å². The molecule has 0 bridgehead atoms. The normalized spacial score (nSPS) is 18.5. The molecule has 0 saturated carbocycles. The van der Waals surface area contributed by atoms with E-state index in [1.807, 2.05) is 18.7 Å². The summed E-state index contributed by atoms with van der Waals surface area (Å²) in [6.07, 6.45) is 4.56. The monoisotopic (exact) mass is 273 g/mol. The fraction of sp³-hybridized carbons (Fsp3) is 0.529. The van der Waals surface area contributed by atoms with E-state index in [2.05, 4.69) is 48.3 Å². The van der Waals surface area contributed by atoms with Gasteiger partial charge in [-0.2, -0.15) is 0 Å². The zero-order valence-corrected chi connectivity index (χ0v) is 12.7. The Morgan fingerprint density at radius 3 is 3.00 bits per heavy atom. The summed E-state index contributed by atoms with van der Waals surface area (Å²) < 4.78 is 0. The van der Waals surface area contributed by atoms with Crippen molar-refractivity contribution >= 4 is 11.8 Å².